The van der Waals surface area contributed by atoms with Gasteiger partial charge in [-0.3, -0.25) is 13.8 Å². The van der Waals surface area contributed by atoms with E-state index >= 15 is 0 Å². The van der Waals surface area contributed by atoms with Gasteiger partial charge in [-0.25, -0.2) is 4.57 Å². The molecule has 0 unspecified atom stereocenters. The number of halogens is 1. The summed E-state index contributed by atoms with van der Waals surface area (Å²) in [5.41, 5.74) is 0. The maximum Gasteiger partial charge on any atom is 0.424 e. The maximum atomic E-state index is 11.5. The highest BCUT2D eigenvalue weighted by Crippen LogP contribution is 2.56. The Kier molecular flexibility index (Phi) is 7.23. The zero-order valence-corrected chi connectivity index (χ0v) is 12.3. The molecular weight excluding hydrogens is 279 g/mol. The molecular formula is C11H20ClO5P. The summed E-state index contributed by atoms with van der Waals surface area (Å²) in [5.74, 6) is -0.399. The van der Waals surface area contributed by atoms with Gasteiger partial charge in [-0.15, -0.1) is 0 Å². The second-order valence-corrected chi connectivity index (χ2v) is 6.99. The summed E-state index contributed by atoms with van der Waals surface area (Å²) >= 11 is 5.40. The lowest BCUT2D eigenvalue weighted by molar-refractivity contribution is -0.145. The highest BCUT2D eigenvalue weighted by atomic mass is 35.7. The van der Waals surface area contributed by atoms with Gasteiger partial charge in [0.15, 0.2) is 0 Å². The molecule has 1 heterocycles. The Balaban J connectivity index is 2.08. The normalized spacial score (nSPS) is 28.0. The molecule has 0 spiro atoms. The molecule has 0 aliphatic carbocycles. The summed E-state index contributed by atoms with van der Waals surface area (Å²) in [6, 6.07) is 0. The van der Waals surface area contributed by atoms with Gasteiger partial charge in [-0.2, -0.15) is 0 Å². The second-order valence-electron chi connectivity index (χ2n) is 4.37. The average Bonchev–Trinajstić information content (AvgIpc) is 2.32. The molecule has 1 fully saturated rings. The highest BCUT2D eigenvalue weighted by Gasteiger charge is 2.31. The minimum atomic E-state index is -3.38. The fraction of sp³-hybridized carbons (Fsp3) is 0.909. The van der Waals surface area contributed by atoms with E-state index in [-0.39, 0.29) is 31.5 Å². The van der Waals surface area contributed by atoms with Crippen LogP contribution in [0.25, 0.3) is 0 Å². The molecule has 18 heavy (non-hydrogen) atoms. The molecule has 0 bridgehead atoms. The summed E-state index contributed by atoms with van der Waals surface area (Å²) in [6.07, 6.45) is 4.50. The molecule has 0 aromatic carbocycles. The number of carbonyl (C=O) groups is 1. The molecule has 1 aliphatic rings. The molecule has 0 radical (unpaired) electrons. The largest absolute Gasteiger partial charge is 0.466 e. The quantitative estimate of drug-likeness (QED) is 0.409. The molecule has 1 aliphatic heterocycles. The number of hydrogen-bond donors (Lipinski definition) is 0. The summed E-state index contributed by atoms with van der Waals surface area (Å²) in [4.78, 5) is 11.5. The van der Waals surface area contributed by atoms with E-state index < -0.39 is 6.95 Å². The molecule has 0 N–H and O–H groups in total. The molecule has 5 nitrogen and oxygen atoms in total. The van der Waals surface area contributed by atoms with Crippen molar-refractivity contribution >= 4 is 24.2 Å². The Morgan fingerprint density at radius 2 is 2.00 bits per heavy atom. The smallest absolute Gasteiger partial charge is 0.424 e. The minimum absolute atomic E-state index is 0.131. The Morgan fingerprint density at radius 1 is 1.33 bits per heavy atom. The van der Waals surface area contributed by atoms with E-state index in [0.29, 0.717) is 6.61 Å². The first-order valence-electron chi connectivity index (χ1n) is 6.28. The van der Waals surface area contributed by atoms with Crippen molar-refractivity contribution in [3.63, 3.8) is 0 Å². The van der Waals surface area contributed by atoms with Crippen LogP contribution < -0.4 is 0 Å². The molecule has 0 aromatic heterocycles. The zero-order valence-electron chi connectivity index (χ0n) is 10.6. The summed E-state index contributed by atoms with van der Waals surface area (Å²) in [5, 5.41) is 0. The Bertz CT molecular complexity index is 298. The third-order valence-electron chi connectivity index (χ3n) is 2.65. The first-order chi connectivity index (χ1) is 8.53. The molecule has 0 amide bonds. The minimum Gasteiger partial charge on any atom is -0.466 e. The SMILES string of the molecule is CCCCCCOC(=O)CC1COP(=O)(Cl)OC1. The summed E-state index contributed by atoms with van der Waals surface area (Å²) < 4.78 is 25.9. The topological polar surface area (TPSA) is 61.8 Å². The molecule has 1 rings (SSSR count). The van der Waals surface area contributed by atoms with Gasteiger partial charge in [-0.1, -0.05) is 26.2 Å². The number of unbranched alkanes of at least 4 members (excludes halogenated alkanes) is 3. The standard InChI is InChI=1S/C11H20ClO5P/c1-2-3-4-5-6-15-11(13)7-10-8-16-18(12,14)17-9-10/h10H,2-9H2,1H3. The van der Waals surface area contributed by atoms with Crippen LogP contribution in [-0.4, -0.2) is 25.8 Å². The number of ether oxygens (including phenoxy) is 1. The summed E-state index contributed by atoms with van der Waals surface area (Å²) in [6.45, 7) is -0.447. The van der Waals surface area contributed by atoms with E-state index in [1.807, 2.05) is 0 Å². The second kappa shape index (κ2) is 8.16. The van der Waals surface area contributed by atoms with Crippen molar-refractivity contribution in [1.29, 1.82) is 0 Å². The third kappa shape index (κ3) is 6.74. The van der Waals surface area contributed by atoms with Crippen LogP contribution in [0.4, 0.5) is 0 Å². The van der Waals surface area contributed by atoms with Gasteiger partial charge >= 0.3 is 12.9 Å². The number of hydrogen-bond acceptors (Lipinski definition) is 5. The van der Waals surface area contributed by atoms with Crippen molar-refractivity contribution < 1.29 is 23.1 Å². The first kappa shape index (κ1) is 16.0. The Labute approximate surface area is 112 Å². The number of carbonyl (C=O) groups excluding carboxylic acids is 1. The van der Waals surface area contributed by atoms with Gasteiger partial charge in [0.05, 0.1) is 26.2 Å². The number of rotatable bonds is 7. The van der Waals surface area contributed by atoms with Gasteiger partial charge in [0.2, 0.25) is 0 Å². The predicted molar refractivity (Wildman–Crippen MR) is 68.6 cm³/mol. The fourth-order valence-electron chi connectivity index (χ4n) is 1.60. The highest BCUT2D eigenvalue weighted by molar-refractivity contribution is 7.81. The lowest BCUT2D eigenvalue weighted by atomic mass is 10.1. The van der Waals surface area contributed by atoms with Crippen LogP contribution in [-0.2, 0) is 23.1 Å². The van der Waals surface area contributed by atoms with Crippen LogP contribution in [0, 0.1) is 5.92 Å². The van der Waals surface area contributed by atoms with Gasteiger partial charge in [-0.05, 0) is 6.42 Å². The van der Waals surface area contributed by atoms with E-state index in [2.05, 4.69) is 6.92 Å². The third-order valence-corrected chi connectivity index (χ3v) is 4.15. The van der Waals surface area contributed by atoms with Crippen molar-refractivity contribution in [1.82, 2.24) is 0 Å². The van der Waals surface area contributed by atoms with Crippen molar-refractivity contribution in [2.75, 3.05) is 19.8 Å². The predicted octanol–water partition coefficient (Wildman–Crippen LogP) is 3.51. The van der Waals surface area contributed by atoms with Crippen molar-refractivity contribution in [3.8, 4) is 0 Å². The monoisotopic (exact) mass is 298 g/mol. The van der Waals surface area contributed by atoms with E-state index in [9.17, 15) is 9.36 Å². The van der Waals surface area contributed by atoms with Crippen LogP contribution in [0.2, 0.25) is 0 Å². The summed E-state index contributed by atoms with van der Waals surface area (Å²) in [7, 11) is 0. The maximum absolute atomic E-state index is 11.5. The van der Waals surface area contributed by atoms with Crippen LogP contribution >= 0.6 is 18.2 Å². The van der Waals surface area contributed by atoms with Gasteiger partial charge < -0.3 is 4.74 Å². The molecule has 7 heteroatoms. The zero-order chi connectivity index (χ0) is 13.4. The lowest BCUT2D eigenvalue weighted by Gasteiger charge is -2.24. The average molecular weight is 299 g/mol. The molecule has 106 valence electrons. The number of esters is 1. The van der Waals surface area contributed by atoms with E-state index in [1.54, 1.807) is 0 Å². The Morgan fingerprint density at radius 3 is 2.61 bits per heavy atom. The molecule has 1 saturated heterocycles. The molecule has 0 atom stereocenters. The van der Waals surface area contributed by atoms with Crippen LogP contribution in [0.5, 0.6) is 0 Å². The molecule has 0 aromatic rings. The van der Waals surface area contributed by atoms with E-state index in [4.69, 9.17) is 25.0 Å². The Hall–Kier alpha value is -0.0900. The van der Waals surface area contributed by atoms with Crippen LogP contribution in [0.15, 0.2) is 0 Å². The van der Waals surface area contributed by atoms with E-state index in [1.165, 1.54) is 0 Å². The van der Waals surface area contributed by atoms with Crippen molar-refractivity contribution in [3.05, 3.63) is 0 Å². The van der Waals surface area contributed by atoms with Crippen molar-refractivity contribution in [2.45, 2.75) is 39.0 Å². The lowest BCUT2D eigenvalue weighted by Crippen LogP contribution is -2.23. The van der Waals surface area contributed by atoms with Gasteiger partial charge in [0.1, 0.15) is 0 Å². The van der Waals surface area contributed by atoms with Gasteiger partial charge in [0.25, 0.3) is 0 Å². The van der Waals surface area contributed by atoms with Crippen molar-refractivity contribution in [2.24, 2.45) is 5.92 Å². The fourth-order valence-corrected chi connectivity index (χ4v) is 2.79. The van der Waals surface area contributed by atoms with E-state index in [0.717, 1.165) is 25.7 Å². The molecule has 0 saturated carbocycles. The van der Waals surface area contributed by atoms with Gasteiger partial charge in [0, 0.05) is 17.2 Å². The van der Waals surface area contributed by atoms with Crippen LogP contribution in [0.1, 0.15) is 39.0 Å². The first-order valence-corrected chi connectivity index (χ1v) is 8.72. The van der Waals surface area contributed by atoms with Crippen LogP contribution in [0.3, 0.4) is 0 Å².